The molecule has 1 atom stereocenters. The van der Waals surface area contributed by atoms with Crippen molar-refractivity contribution in [2.24, 2.45) is 11.7 Å². The highest BCUT2D eigenvalue weighted by Gasteiger charge is 2.13. The number of amides is 1. The Morgan fingerprint density at radius 3 is 3.00 bits per heavy atom. The van der Waals surface area contributed by atoms with E-state index in [4.69, 9.17) is 5.73 Å². The minimum Gasteiger partial charge on any atom is -0.370 e. The summed E-state index contributed by atoms with van der Waals surface area (Å²) >= 11 is 0. The Morgan fingerprint density at radius 1 is 1.64 bits per heavy atom. The zero-order chi connectivity index (χ0) is 8.10. The van der Waals surface area contributed by atoms with E-state index in [1.165, 1.54) is 6.42 Å². The molecule has 1 aliphatic heterocycles. The van der Waals surface area contributed by atoms with E-state index in [1.54, 1.807) is 0 Å². The Balaban J connectivity index is 1.98. The van der Waals surface area contributed by atoms with Gasteiger partial charge in [-0.2, -0.15) is 0 Å². The molecule has 0 saturated carbocycles. The van der Waals surface area contributed by atoms with E-state index in [2.05, 4.69) is 5.32 Å². The molecule has 0 aromatic rings. The molecule has 0 aliphatic carbocycles. The third-order valence-electron chi connectivity index (χ3n) is 2.20. The van der Waals surface area contributed by atoms with Crippen LogP contribution in [0.25, 0.3) is 0 Å². The van der Waals surface area contributed by atoms with Crippen molar-refractivity contribution in [1.29, 1.82) is 0 Å². The Labute approximate surface area is 67.3 Å². The second kappa shape index (κ2) is 4.34. The highest BCUT2D eigenvalue weighted by atomic mass is 16.1. The van der Waals surface area contributed by atoms with Gasteiger partial charge in [0.15, 0.2) is 0 Å². The van der Waals surface area contributed by atoms with Crippen molar-refractivity contribution in [2.75, 3.05) is 13.1 Å². The third kappa shape index (κ3) is 3.37. The number of rotatable bonds is 4. The number of nitrogens with one attached hydrogen (secondary N) is 1. The van der Waals surface area contributed by atoms with E-state index in [1.807, 2.05) is 0 Å². The fourth-order valence-corrected chi connectivity index (χ4v) is 1.53. The van der Waals surface area contributed by atoms with Gasteiger partial charge in [-0.25, -0.2) is 0 Å². The molecule has 1 amide bonds. The normalized spacial score (nSPS) is 23.8. The van der Waals surface area contributed by atoms with Crippen molar-refractivity contribution in [3.8, 4) is 0 Å². The SMILES string of the molecule is NC(=O)CCCC1CCNC1. The van der Waals surface area contributed by atoms with Gasteiger partial charge in [-0.15, -0.1) is 0 Å². The van der Waals surface area contributed by atoms with Crippen molar-refractivity contribution >= 4 is 5.91 Å². The fraction of sp³-hybridized carbons (Fsp3) is 0.875. The van der Waals surface area contributed by atoms with Crippen LogP contribution >= 0.6 is 0 Å². The maximum Gasteiger partial charge on any atom is 0.217 e. The molecule has 0 bridgehead atoms. The first-order valence-corrected chi connectivity index (χ1v) is 4.28. The molecule has 1 heterocycles. The molecule has 0 aromatic carbocycles. The molecule has 1 rings (SSSR count). The van der Waals surface area contributed by atoms with E-state index in [0.717, 1.165) is 31.8 Å². The lowest BCUT2D eigenvalue weighted by molar-refractivity contribution is -0.118. The largest absolute Gasteiger partial charge is 0.370 e. The van der Waals surface area contributed by atoms with Gasteiger partial charge in [0.05, 0.1) is 0 Å². The Morgan fingerprint density at radius 2 is 2.45 bits per heavy atom. The summed E-state index contributed by atoms with van der Waals surface area (Å²) in [6.45, 7) is 2.26. The van der Waals surface area contributed by atoms with Crippen LogP contribution in [0, 0.1) is 5.92 Å². The van der Waals surface area contributed by atoms with Crippen LogP contribution in [-0.4, -0.2) is 19.0 Å². The zero-order valence-corrected chi connectivity index (χ0v) is 6.81. The van der Waals surface area contributed by atoms with Gasteiger partial charge in [0.2, 0.25) is 5.91 Å². The van der Waals surface area contributed by atoms with Crippen LogP contribution < -0.4 is 11.1 Å². The maximum absolute atomic E-state index is 10.4. The number of carbonyl (C=O) groups is 1. The number of carbonyl (C=O) groups excluding carboxylic acids is 1. The molecule has 1 unspecified atom stereocenters. The van der Waals surface area contributed by atoms with Crippen LogP contribution in [0.4, 0.5) is 0 Å². The standard InChI is InChI=1S/C8H16N2O/c9-8(11)3-1-2-7-4-5-10-6-7/h7,10H,1-6H2,(H2,9,11). The first-order valence-electron chi connectivity index (χ1n) is 4.28. The molecular formula is C8H16N2O. The molecule has 3 nitrogen and oxygen atoms in total. The Kier molecular flexibility index (Phi) is 3.36. The summed E-state index contributed by atoms with van der Waals surface area (Å²) in [5, 5.41) is 3.29. The van der Waals surface area contributed by atoms with Crippen LogP contribution in [0.15, 0.2) is 0 Å². The smallest absolute Gasteiger partial charge is 0.217 e. The van der Waals surface area contributed by atoms with Crippen LogP contribution in [0.5, 0.6) is 0 Å². The zero-order valence-electron chi connectivity index (χ0n) is 6.81. The quantitative estimate of drug-likeness (QED) is 0.613. The van der Waals surface area contributed by atoms with Crippen molar-refractivity contribution < 1.29 is 4.79 Å². The van der Waals surface area contributed by atoms with Crippen LogP contribution in [0.2, 0.25) is 0 Å². The van der Waals surface area contributed by atoms with Gasteiger partial charge in [-0.1, -0.05) is 0 Å². The summed E-state index contributed by atoms with van der Waals surface area (Å²) in [6, 6.07) is 0. The van der Waals surface area contributed by atoms with Gasteiger partial charge >= 0.3 is 0 Å². The average Bonchev–Trinajstić information content (AvgIpc) is 2.39. The summed E-state index contributed by atoms with van der Waals surface area (Å²) in [6.07, 6.45) is 3.92. The van der Waals surface area contributed by atoms with Crippen LogP contribution in [0.3, 0.4) is 0 Å². The van der Waals surface area contributed by atoms with E-state index in [0.29, 0.717) is 6.42 Å². The van der Waals surface area contributed by atoms with Gasteiger partial charge in [-0.05, 0) is 38.3 Å². The van der Waals surface area contributed by atoms with Crippen molar-refractivity contribution in [3.63, 3.8) is 0 Å². The molecule has 0 radical (unpaired) electrons. The molecule has 0 aromatic heterocycles. The summed E-state index contributed by atoms with van der Waals surface area (Å²) in [4.78, 5) is 10.4. The fourth-order valence-electron chi connectivity index (χ4n) is 1.53. The first-order chi connectivity index (χ1) is 5.29. The summed E-state index contributed by atoms with van der Waals surface area (Å²) in [5.41, 5.74) is 5.02. The van der Waals surface area contributed by atoms with E-state index in [9.17, 15) is 4.79 Å². The molecule has 1 aliphatic rings. The van der Waals surface area contributed by atoms with Gasteiger partial charge in [-0.3, -0.25) is 4.79 Å². The van der Waals surface area contributed by atoms with Gasteiger partial charge in [0.25, 0.3) is 0 Å². The molecule has 0 spiro atoms. The van der Waals surface area contributed by atoms with E-state index >= 15 is 0 Å². The predicted molar refractivity (Wildman–Crippen MR) is 44.0 cm³/mol. The third-order valence-corrected chi connectivity index (χ3v) is 2.20. The maximum atomic E-state index is 10.4. The highest BCUT2D eigenvalue weighted by Crippen LogP contribution is 2.14. The van der Waals surface area contributed by atoms with Crippen molar-refractivity contribution in [1.82, 2.24) is 5.32 Å². The summed E-state index contributed by atoms with van der Waals surface area (Å²) < 4.78 is 0. The van der Waals surface area contributed by atoms with Crippen LogP contribution in [0.1, 0.15) is 25.7 Å². The molecule has 1 saturated heterocycles. The lowest BCUT2D eigenvalue weighted by Crippen LogP contribution is -2.12. The lowest BCUT2D eigenvalue weighted by Gasteiger charge is -2.05. The van der Waals surface area contributed by atoms with Crippen LogP contribution in [-0.2, 0) is 4.79 Å². The minimum atomic E-state index is -0.170. The van der Waals surface area contributed by atoms with Gasteiger partial charge in [0, 0.05) is 6.42 Å². The Bertz CT molecular complexity index is 130. The number of nitrogens with two attached hydrogens (primary N) is 1. The summed E-state index contributed by atoms with van der Waals surface area (Å²) in [7, 11) is 0. The average molecular weight is 156 g/mol. The highest BCUT2D eigenvalue weighted by molar-refractivity contribution is 5.73. The number of primary amides is 1. The van der Waals surface area contributed by atoms with Gasteiger partial charge in [0.1, 0.15) is 0 Å². The monoisotopic (exact) mass is 156 g/mol. The molecule has 3 N–H and O–H groups in total. The van der Waals surface area contributed by atoms with E-state index < -0.39 is 0 Å². The van der Waals surface area contributed by atoms with Crippen molar-refractivity contribution in [2.45, 2.75) is 25.7 Å². The second-order valence-electron chi connectivity index (χ2n) is 3.22. The second-order valence-corrected chi connectivity index (χ2v) is 3.22. The molecular weight excluding hydrogens is 140 g/mol. The minimum absolute atomic E-state index is 0.170. The predicted octanol–water partition coefficient (Wildman–Crippen LogP) is 0.251. The molecule has 11 heavy (non-hydrogen) atoms. The number of hydrogen-bond donors (Lipinski definition) is 2. The van der Waals surface area contributed by atoms with Gasteiger partial charge < -0.3 is 11.1 Å². The summed E-state index contributed by atoms with van der Waals surface area (Å²) in [5.74, 6) is 0.616. The lowest BCUT2D eigenvalue weighted by atomic mass is 10.0. The topological polar surface area (TPSA) is 55.1 Å². The Hall–Kier alpha value is -0.570. The molecule has 64 valence electrons. The molecule has 1 fully saturated rings. The van der Waals surface area contributed by atoms with Crippen molar-refractivity contribution in [3.05, 3.63) is 0 Å². The van der Waals surface area contributed by atoms with E-state index in [-0.39, 0.29) is 5.91 Å². The first kappa shape index (κ1) is 8.53. The molecule has 3 heteroatoms. The number of hydrogen-bond acceptors (Lipinski definition) is 2.